The maximum absolute atomic E-state index is 13.5. The van der Waals surface area contributed by atoms with E-state index >= 15 is 0 Å². The molecular weight excluding hydrogens is 265 g/mol. The van der Waals surface area contributed by atoms with Crippen LogP contribution in [0.5, 0.6) is 0 Å². The zero-order valence-electron chi connectivity index (χ0n) is 9.31. The molecule has 0 atom stereocenters. The summed E-state index contributed by atoms with van der Waals surface area (Å²) in [5, 5.41) is 8.79. The van der Waals surface area contributed by atoms with Crippen molar-refractivity contribution >= 4 is 21.8 Å². The fraction of sp³-hybridized carbons (Fsp3) is 0.400. The lowest BCUT2D eigenvalue weighted by atomic mass is 10.2. The first-order valence-corrected chi connectivity index (χ1v) is 7.77. The second kappa shape index (κ2) is 6.34. The van der Waals surface area contributed by atoms with E-state index in [0.717, 1.165) is 12.1 Å². The highest BCUT2D eigenvalue weighted by Crippen LogP contribution is 2.15. The molecule has 0 heterocycles. The standard InChI is InChI=1S/C10H14FNO3S2/c1-16-5-4-12-17(14,15)10-3-2-8(7-13)6-9(10)11/h2-3,6,12-13H,4-5,7H2,1H3. The molecule has 0 fully saturated rings. The first-order valence-electron chi connectivity index (χ1n) is 4.89. The number of rotatable bonds is 6. The minimum absolute atomic E-state index is 0.255. The highest BCUT2D eigenvalue weighted by atomic mass is 32.2. The summed E-state index contributed by atoms with van der Waals surface area (Å²) in [6.07, 6.45) is 1.85. The van der Waals surface area contributed by atoms with Gasteiger partial charge in [0, 0.05) is 12.3 Å². The summed E-state index contributed by atoms with van der Waals surface area (Å²) < 4.78 is 39.2. The van der Waals surface area contributed by atoms with E-state index in [4.69, 9.17) is 5.11 Å². The predicted octanol–water partition coefficient (Wildman–Crippen LogP) is 0.959. The fourth-order valence-electron chi connectivity index (χ4n) is 1.22. The highest BCUT2D eigenvalue weighted by Gasteiger charge is 2.18. The molecule has 2 N–H and O–H groups in total. The van der Waals surface area contributed by atoms with Crippen molar-refractivity contribution in [3.05, 3.63) is 29.6 Å². The maximum atomic E-state index is 13.5. The van der Waals surface area contributed by atoms with E-state index in [9.17, 15) is 12.8 Å². The van der Waals surface area contributed by atoms with Crippen LogP contribution in [0.15, 0.2) is 23.1 Å². The van der Waals surface area contributed by atoms with Crippen LogP contribution in [-0.2, 0) is 16.6 Å². The molecule has 1 aromatic rings. The molecule has 0 aliphatic rings. The zero-order chi connectivity index (χ0) is 12.9. The number of thioether (sulfide) groups is 1. The van der Waals surface area contributed by atoms with Gasteiger partial charge in [0.05, 0.1) is 6.61 Å². The van der Waals surface area contributed by atoms with Crippen LogP contribution >= 0.6 is 11.8 Å². The number of aliphatic hydroxyl groups is 1. The van der Waals surface area contributed by atoms with Crippen molar-refractivity contribution in [3.63, 3.8) is 0 Å². The number of hydrogen-bond donors (Lipinski definition) is 2. The predicted molar refractivity (Wildman–Crippen MR) is 65.9 cm³/mol. The molecule has 0 amide bonds. The average Bonchev–Trinajstić information content (AvgIpc) is 2.28. The summed E-state index contributed by atoms with van der Waals surface area (Å²) in [6.45, 7) is -0.0676. The Balaban J connectivity index is 2.91. The summed E-state index contributed by atoms with van der Waals surface area (Å²) in [7, 11) is -3.81. The van der Waals surface area contributed by atoms with E-state index < -0.39 is 20.7 Å². The summed E-state index contributed by atoms with van der Waals surface area (Å²) in [5.74, 6) is -0.233. The SMILES string of the molecule is CSCCNS(=O)(=O)c1ccc(CO)cc1F. The van der Waals surface area contributed by atoms with Crippen molar-refractivity contribution in [1.29, 1.82) is 0 Å². The van der Waals surface area contributed by atoms with Crippen molar-refractivity contribution in [2.75, 3.05) is 18.6 Å². The Hall–Kier alpha value is -0.630. The van der Waals surface area contributed by atoms with Crippen molar-refractivity contribution < 1.29 is 17.9 Å². The van der Waals surface area contributed by atoms with E-state index in [0.29, 0.717) is 11.3 Å². The summed E-state index contributed by atoms with van der Waals surface area (Å²) in [6, 6.07) is 3.55. The van der Waals surface area contributed by atoms with Gasteiger partial charge in [0.1, 0.15) is 10.7 Å². The highest BCUT2D eigenvalue weighted by molar-refractivity contribution is 7.98. The fourth-order valence-corrected chi connectivity index (χ4v) is 2.74. The third-order valence-corrected chi connectivity index (χ3v) is 4.17. The van der Waals surface area contributed by atoms with Gasteiger partial charge in [0.15, 0.2) is 0 Å². The Labute approximate surface area is 104 Å². The molecule has 17 heavy (non-hydrogen) atoms. The molecule has 7 heteroatoms. The van der Waals surface area contributed by atoms with E-state index in [2.05, 4.69) is 4.72 Å². The van der Waals surface area contributed by atoms with Crippen molar-refractivity contribution in [3.8, 4) is 0 Å². The lowest BCUT2D eigenvalue weighted by Gasteiger charge is -2.07. The lowest BCUT2D eigenvalue weighted by Crippen LogP contribution is -2.26. The number of hydrogen-bond acceptors (Lipinski definition) is 4. The first-order chi connectivity index (χ1) is 8.01. The van der Waals surface area contributed by atoms with Crippen LogP contribution in [0.2, 0.25) is 0 Å². The quantitative estimate of drug-likeness (QED) is 0.761. The minimum atomic E-state index is -3.81. The van der Waals surface area contributed by atoms with Gasteiger partial charge in [-0.15, -0.1) is 0 Å². The van der Waals surface area contributed by atoms with Gasteiger partial charge in [0.25, 0.3) is 0 Å². The molecule has 4 nitrogen and oxygen atoms in total. The van der Waals surface area contributed by atoms with Crippen LogP contribution in [0.1, 0.15) is 5.56 Å². The second-order valence-corrected chi connectivity index (χ2v) is 6.03. The smallest absolute Gasteiger partial charge is 0.243 e. The van der Waals surface area contributed by atoms with Crippen LogP contribution in [0.25, 0.3) is 0 Å². The van der Waals surface area contributed by atoms with Gasteiger partial charge in [0.2, 0.25) is 10.0 Å². The number of benzene rings is 1. The third-order valence-electron chi connectivity index (χ3n) is 2.07. The van der Waals surface area contributed by atoms with Gasteiger partial charge in [-0.3, -0.25) is 0 Å². The Kier molecular flexibility index (Phi) is 5.38. The lowest BCUT2D eigenvalue weighted by molar-refractivity contribution is 0.281. The summed E-state index contributed by atoms with van der Waals surface area (Å²) in [4.78, 5) is -0.393. The molecule has 0 aliphatic carbocycles. The van der Waals surface area contributed by atoms with Gasteiger partial charge < -0.3 is 5.11 Å². The molecule has 0 aliphatic heterocycles. The number of halogens is 1. The van der Waals surface area contributed by atoms with Gasteiger partial charge >= 0.3 is 0 Å². The molecule has 0 spiro atoms. The minimum Gasteiger partial charge on any atom is -0.392 e. The van der Waals surface area contributed by atoms with Gasteiger partial charge in [-0.25, -0.2) is 17.5 Å². The Morgan fingerprint density at radius 3 is 2.71 bits per heavy atom. The monoisotopic (exact) mass is 279 g/mol. The largest absolute Gasteiger partial charge is 0.392 e. The Morgan fingerprint density at radius 2 is 2.18 bits per heavy atom. The molecule has 1 aromatic carbocycles. The zero-order valence-corrected chi connectivity index (χ0v) is 10.9. The van der Waals surface area contributed by atoms with Crippen molar-refractivity contribution in [2.24, 2.45) is 0 Å². The van der Waals surface area contributed by atoms with Crippen LogP contribution in [0, 0.1) is 5.82 Å². The van der Waals surface area contributed by atoms with Crippen LogP contribution < -0.4 is 4.72 Å². The topological polar surface area (TPSA) is 66.4 Å². The average molecular weight is 279 g/mol. The van der Waals surface area contributed by atoms with Gasteiger partial charge in [-0.2, -0.15) is 11.8 Å². The van der Waals surface area contributed by atoms with Crippen LogP contribution in [0.3, 0.4) is 0 Å². The molecule has 0 bridgehead atoms. The maximum Gasteiger partial charge on any atom is 0.243 e. The number of aliphatic hydroxyl groups excluding tert-OH is 1. The number of sulfonamides is 1. The van der Waals surface area contributed by atoms with E-state index in [1.165, 1.54) is 17.8 Å². The third kappa shape index (κ3) is 3.95. The van der Waals surface area contributed by atoms with Crippen LogP contribution in [0.4, 0.5) is 4.39 Å². The molecule has 1 rings (SSSR count). The molecule has 96 valence electrons. The van der Waals surface area contributed by atoms with E-state index in [1.54, 1.807) is 0 Å². The van der Waals surface area contributed by atoms with Crippen molar-refractivity contribution in [1.82, 2.24) is 4.72 Å². The second-order valence-electron chi connectivity index (χ2n) is 3.31. The normalized spacial score (nSPS) is 11.7. The van der Waals surface area contributed by atoms with Crippen molar-refractivity contribution in [2.45, 2.75) is 11.5 Å². The first kappa shape index (κ1) is 14.4. The Morgan fingerprint density at radius 1 is 1.47 bits per heavy atom. The molecule has 0 unspecified atom stereocenters. The Bertz CT molecular complexity index is 476. The molecule has 0 saturated carbocycles. The molecule has 0 radical (unpaired) electrons. The summed E-state index contributed by atoms with van der Waals surface area (Å²) in [5.41, 5.74) is 0.338. The van der Waals surface area contributed by atoms with Gasteiger partial charge in [-0.05, 0) is 24.0 Å². The molecule has 0 saturated heterocycles. The number of nitrogens with one attached hydrogen (secondary N) is 1. The molecule has 0 aromatic heterocycles. The van der Waals surface area contributed by atoms with E-state index in [-0.39, 0.29) is 13.2 Å². The van der Waals surface area contributed by atoms with Gasteiger partial charge in [-0.1, -0.05) is 6.07 Å². The van der Waals surface area contributed by atoms with E-state index in [1.807, 2.05) is 6.26 Å². The van der Waals surface area contributed by atoms with Crippen LogP contribution in [-0.4, -0.2) is 32.1 Å². The summed E-state index contributed by atoms with van der Waals surface area (Å²) >= 11 is 1.49. The molecular formula is C10H14FNO3S2.